The van der Waals surface area contributed by atoms with E-state index in [1.807, 2.05) is 0 Å². The number of hydrogen-bond acceptors (Lipinski definition) is 4. The third-order valence-corrected chi connectivity index (χ3v) is 3.21. The molecule has 3 heterocycles. The molecule has 0 radical (unpaired) electrons. The molecule has 0 aliphatic carbocycles. The summed E-state index contributed by atoms with van der Waals surface area (Å²) in [4.78, 5) is 13.6. The van der Waals surface area contributed by atoms with Crippen molar-refractivity contribution in [3.63, 3.8) is 0 Å². The van der Waals surface area contributed by atoms with Gasteiger partial charge in [0.15, 0.2) is 0 Å². The van der Waals surface area contributed by atoms with Crippen molar-refractivity contribution in [2.24, 2.45) is 0 Å². The lowest BCUT2D eigenvalue weighted by atomic mass is 10.2. The van der Waals surface area contributed by atoms with E-state index in [2.05, 4.69) is 15.1 Å². The third kappa shape index (κ3) is 1.49. The van der Waals surface area contributed by atoms with Crippen LogP contribution in [0.1, 0.15) is 12.2 Å². The lowest BCUT2D eigenvalue weighted by molar-refractivity contribution is 0.120. The highest BCUT2D eigenvalue weighted by Gasteiger charge is 2.27. The first kappa shape index (κ1) is 9.11. The summed E-state index contributed by atoms with van der Waals surface area (Å²) in [6.07, 6.45) is 1.09. The lowest BCUT2D eigenvalue weighted by Crippen LogP contribution is -2.43. The van der Waals surface area contributed by atoms with E-state index in [4.69, 9.17) is 4.74 Å². The molecule has 6 heteroatoms. The molecular formula is C9H14N4O2. The summed E-state index contributed by atoms with van der Waals surface area (Å²) in [5.41, 5.74) is -0.0904. The number of H-pyrrole nitrogens is 1. The first-order valence-electron chi connectivity index (χ1n) is 5.30. The molecule has 1 aromatic rings. The van der Waals surface area contributed by atoms with Crippen LogP contribution < -0.4 is 5.69 Å². The molecule has 2 aliphatic heterocycles. The number of fused-ring (bicyclic) bond motifs is 1. The molecule has 1 aromatic heterocycles. The summed E-state index contributed by atoms with van der Waals surface area (Å²) >= 11 is 0. The summed E-state index contributed by atoms with van der Waals surface area (Å²) in [5, 5.41) is 6.51. The molecule has 0 bridgehead atoms. The summed E-state index contributed by atoms with van der Waals surface area (Å²) in [6.45, 7) is 4.08. The van der Waals surface area contributed by atoms with Gasteiger partial charge < -0.3 is 4.74 Å². The maximum Gasteiger partial charge on any atom is 0.343 e. The fourth-order valence-electron chi connectivity index (χ4n) is 2.31. The van der Waals surface area contributed by atoms with E-state index < -0.39 is 0 Å². The Morgan fingerprint density at radius 3 is 3.20 bits per heavy atom. The number of hydrogen-bond donors (Lipinski definition) is 1. The Bertz CT molecular complexity index is 404. The molecule has 15 heavy (non-hydrogen) atoms. The maximum absolute atomic E-state index is 11.3. The molecule has 2 aliphatic rings. The zero-order valence-electron chi connectivity index (χ0n) is 8.48. The van der Waals surface area contributed by atoms with Crippen LogP contribution in [0.3, 0.4) is 0 Å². The fraction of sp³-hybridized carbons (Fsp3) is 0.778. The molecule has 1 saturated heterocycles. The lowest BCUT2D eigenvalue weighted by Gasteiger charge is -2.30. The number of nitrogens with zero attached hydrogens (tertiary/aromatic N) is 3. The predicted molar refractivity (Wildman–Crippen MR) is 52.5 cm³/mol. The summed E-state index contributed by atoms with van der Waals surface area (Å²) in [5.74, 6) is 0.846. The van der Waals surface area contributed by atoms with Crippen molar-refractivity contribution in [3.8, 4) is 0 Å². The van der Waals surface area contributed by atoms with Crippen LogP contribution in [0.15, 0.2) is 4.79 Å². The number of nitrogens with one attached hydrogen (secondary N) is 1. The van der Waals surface area contributed by atoms with Gasteiger partial charge in [0.1, 0.15) is 5.82 Å². The summed E-state index contributed by atoms with van der Waals surface area (Å²) in [6, 6.07) is 0.505. The molecule has 6 nitrogen and oxygen atoms in total. The topological polar surface area (TPSA) is 63.2 Å². The molecule has 0 aromatic carbocycles. The Morgan fingerprint density at radius 1 is 1.47 bits per heavy atom. The van der Waals surface area contributed by atoms with Gasteiger partial charge in [-0.2, -0.15) is 5.10 Å². The van der Waals surface area contributed by atoms with Crippen molar-refractivity contribution in [2.75, 3.05) is 19.8 Å². The second kappa shape index (κ2) is 3.46. The van der Waals surface area contributed by atoms with Gasteiger partial charge in [-0.05, 0) is 6.42 Å². The highest BCUT2D eigenvalue weighted by molar-refractivity contribution is 4.92. The molecule has 0 saturated carbocycles. The predicted octanol–water partition coefficient (Wildman–Crippen LogP) is -0.824. The van der Waals surface area contributed by atoms with Gasteiger partial charge in [0, 0.05) is 25.7 Å². The minimum absolute atomic E-state index is 0.0904. The van der Waals surface area contributed by atoms with Crippen LogP contribution in [0, 0.1) is 0 Å². The highest BCUT2D eigenvalue weighted by Crippen LogP contribution is 2.17. The SMILES string of the molecule is O=c1[nH]nc2n1CCN(C1CCOC1)C2. The Morgan fingerprint density at radius 2 is 2.40 bits per heavy atom. The molecule has 0 spiro atoms. The van der Waals surface area contributed by atoms with Gasteiger partial charge in [-0.1, -0.05) is 0 Å². The second-order valence-corrected chi connectivity index (χ2v) is 4.08. The van der Waals surface area contributed by atoms with Crippen LogP contribution in [-0.2, 0) is 17.8 Å². The van der Waals surface area contributed by atoms with Gasteiger partial charge in [-0.15, -0.1) is 0 Å². The van der Waals surface area contributed by atoms with Crippen molar-refractivity contribution < 1.29 is 4.74 Å². The van der Waals surface area contributed by atoms with E-state index in [1.165, 1.54) is 0 Å². The molecule has 1 unspecified atom stereocenters. The Balaban J connectivity index is 1.79. The van der Waals surface area contributed by atoms with E-state index >= 15 is 0 Å². The van der Waals surface area contributed by atoms with E-state index in [-0.39, 0.29) is 5.69 Å². The van der Waals surface area contributed by atoms with Crippen molar-refractivity contribution in [2.45, 2.75) is 25.6 Å². The summed E-state index contributed by atoms with van der Waals surface area (Å²) in [7, 11) is 0. The van der Waals surface area contributed by atoms with Crippen LogP contribution in [-0.4, -0.2) is 45.5 Å². The normalized spacial score (nSPS) is 26.8. The summed E-state index contributed by atoms with van der Waals surface area (Å²) < 4.78 is 7.08. The van der Waals surface area contributed by atoms with Crippen molar-refractivity contribution in [1.82, 2.24) is 19.7 Å². The third-order valence-electron chi connectivity index (χ3n) is 3.21. The highest BCUT2D eigenvalue weighted by atomic mass is 16.5. The van der Waals surface area contributed by atoms with Crippen molar-refractivity contribution in [1.29, 1.82) is 0 Å². The molecule has 1 N–H and O–H groups in total. The van der Waals surface area contributed by atoms with Gasteiger partial charge in [0.2, 0.25) is 0 Å². The minimum atomic E-state index is -0.0904. The number of aromatic amines is 1. The van der Waals surface area contributed by atoms with Gasteiger partial charge in [-0.3, -0.25) is 9.47 Å². The zero-order chi connectivity index (χ0) is 10.3. The fourth-order valence-corrected chi connectivity index (χ4v) is 2.31. The standard InChI is InChI=1S/C9H14N4O2/c14-9-11-10-8-5-12(2-3-13(8)9)7-1-4-15-6-7/h7H,1-6H2,(H,11,14). The van der Waals surface area contributed by atoms with Crippen LogP contribution >= 0.6 is 0 Å². The van der Waals surface area contributed by atoms with E-state index in [0.717, 1.165) is 45.1 Å². The van der Waals surface area contributed by atoms with E-state index in [1.54, 1.807) is 4.57 Å². The first-order chi connectivity index (χ1) is 7.34. The molecule has 3 rings (SSSR count). The van der Waals surface area contributed by atoms with Crippen LogP contribution in [0.25, 0.3) is 0 Å². The number of ether oxygens (including phenoxy) is 1. The molecule has 0 amide bonds. The van der Waals surface area contributed by atoms with E-state index in [0.29, 0.717) is 6.04 Å². The minimum Gasteiger partial charge on any atom is -0.380 e. The maximum atomic E-state index is 11.3. The van der Waals surface area contributed by atoms with Crippen LogP contribution in [0.5, 0.6) is 0 Å². The zero-order valence-corrected chi connectivity index (χ0v) is 8.48. The second-order valence-electron chi connectivity index (χ2n) is 4.08. The quantitative estimate of drug-likeness (QED) is 0.657. The van der Waals surface area contributed by atoms with Crippen LogP contribution in [0.4, 0.5) is 0 Å². The van der Waals surface area contributed by atoms with Crippen molar-refractivity contribution >= 4 is 0 Å². The smallest absolute Gasteiger partial charge is 0.343 e. The molecule has 1 atom stereocenters. The van der Waals surface area contributed by atoms with Crippen molar-refractivity contribution in [3.05, 3.63) is 16.3 Å². The van der Waals surface area contributed by atoms with Gasteiger partial charge >= 0.3 is 5.69 Å². The first-order valence-corrected chi connectivity index (χ1v) is 5.30. The molecular weight excluding hydrogens is 196 g/mol. The van der Waals surface area contributed by atoms with E-state index in [9.17, 15) is 4.79 Å². The monoisotopic (exact) mass is 210 g/mol. The number of aromatic nitrogens is 3. The van der Waals surface area contributed by atoms with Gasteiger partial charge in [0.25, 0.3) is 0 Å². The Labute approximate surface area is 86.8 Å². The average molecular weight is 210 g/mol. The Kier molecular flexibility index (Phi) is 2.10. The molecule has 1 fully saturated rings. The largest absolute Gasteiger partial charge is 0.380 e. The number of rotatable bonds is 1. The van der Waals surface area contributed by atoms with Gasteiger partial charge in [-0.25, -0.2) is 9.89 Å². The van der Waals surface area contributed by atoms with Gasteiger partial charge in [0.05, 0.1) is 13.2 Å². The Hall–Kier alpha value is -1.14. The van der Waals surface area contributed by atoms with Crippen LogP contribution in [0.2, 0.25) is 0 Å². The molecule has 82 valence electrons. The average Bonchev–Trinajstić information content (AvgIpc) is 2.88.